The highest BCUT2D eigenvalue weighted by atomic mass is 32.2. The van der Waals surface area contributed by atoms with Crippen LogP contribution < -0.4 is 15.0 Å². The van der Waals surface area contributed by atoms with Crippen LogP contribution in [0.3, 0.4) is 0 Å². The first-order chi connectivity index (χ1) is 12.9. The minimum absolute atomic E-state index is 0.111. The molecule has 0 bridgehead atoms. The molecule has 1 aromatic heterocycles. The van der Waals surface area contributed by atoms with Crippen molar-refractivity contribution < 1.29 is 17.9 Å². The van der Waals surface area contributed by atoms with E-state index in [-0.39, 0.29) is 10.8 Å². The maximum atomic E-state index is 13.0. The van der Waals surface area contributed by atoms with Crippen molar-refractivity contribution in [3.05, 3.63) is 36.8 Å². The number of nitrogens with zero attached hydrogens (tertiary/aromatic N) is 4. The summed E-state index contributed by atoms with van der Waals surface area (Å²) in [4.78, 5) is 21.8. The molecule has 0 saturated carbocycles. The van der Waals surface area contributed by atoms with Crippen LogP contribution in [0, 0.1) is 0 Å². The second-order valence-corrected chi connectivity index (χ2v) is 7.94. The lowest BCUT2D eigenvalue weighted by atomic mass is 10.3. The van der Waals surface area contributed by atoms with Crippen LogP contribution in [0.4, 0.5) is 11.5 Å². The van der Waals surface area contributed by atoms with Crippen LogP contribution in [0.15, 0.2) is 41.7 Å². The van der Waals surface area contributed by atoms with Crippen molar-refractivity contribution in [3.63, 3.8) is 0 Å². The fourth-order valence-corrected chi connectivity index (χ4v) is 4.34. The number of methoxy groups -OCH3 is 1. The van der Waals surface area contributed by atoms with Gasteiger partial charge in [0.25, 0.3) is 0 Å². The Morgan fingerprint density at radius 2 is 1.93 bits per heavy atom. The number of hydrogen-bond acceptors (Lipinski definition) is 7. The van der Waals surface area contributed by atoms with Gasteiger partial charge in [0.1, 0.15) is 11.6 Å². The van der Waals surface area contributed by atoms with Gasteiger partial charge < -0.3 is 15.0 Å². The SMILES string of the molecule is COc1ccc(S(=O)(=O)N2CCN(c3cnccn3)CC2)cc1NC(C)=O. The predicted molar refractivity (Wildman–Crippen MR) is 100 cm³/mol. The highest BCUT2D eigenvalue weighted by molar-refractivity contribution is 7.89. The van der Waals surface area contributed by atoms with Gasteiger partial charge in [-0.05, 0) is 18.2 Å². The molecule has 2 aromatic rings. The molecule has 2 heterocycles. The van der Waals surface area contributed by atoms with Gasteiger partial charge in [0, 0.05) is 45.5 Å². The molecule has 0 radical (unpaired) electrons. The Morgan fingerprint density at radius 1 is 1.19 bits per heavy atom. The van der Waals surface area contributed by atoms with Crippen LogP contribution in [0.2, 0.25) is 0 Å². The quantitative estimate of drug-likeness (QED) is 0.809. The summed E-state index contributed by atoms with van der Waals surface area (Å²) in [5.41, 5.74) is 0.323. The molecule has 0 atom stereocenters. The highest BCUT2D eigenvalue weighted by Gasteiger charge is 2.29. The molecular weight excluding hydrogens is 370 g/mol. The maximum absolute atomic E-state index is 13.0. The van der Waals surface area contributed by atoms with Crippen molar-refractivity contribution >= 4 is 27.4 Å². The number of piperazine rings is 1. The molecule has 0 unspecified atom stereocenters. The van der Waals surface area contributed by atoms with Gasteiger partial charge in [-0.1, -0.05) is 0 Å². The standard InChI is InChI=1S/C17H21N5O4S/c1-13(23)20-15-11-14(3-4-16(15)26-2)27(24,25)22-9-7-21(8-10-22)17-12-18-5-6-19-17/h3-6,11-12H,7-10H2,1-2H3,(H,20,23). The highest BCUT2D eigenvalue weighted by Crippen LogP contribution is 2.29. The van der Waals surface area contributed by atoms with E-state index < -0.39 is 10.0 Å². The summed E-state index contributed by atoms with van der Waals surface area (Å²) in [5.74, 6) is 0.823. The monoisotopic (exact) mass is 391 g/mol. The number of rotatable bonds is 5. The minimum atomic E-state index is -3.69. The van der Waals surface area contributed by atoms with Gasteiger partial charge in [0.05, 0.1) is 23.9 Å². The minimum Gasteiger partial charge on any atom is -0.495 e. The number of nitrogens with one attached hydrogen (secondary N) is 1. The average Bonchev–Trinajstić information content (AvgIpc) is 2.68. The number of anilines is 2. The first-order valence-corrected chi connectivity index (χ1v) is 9.82. The summed E-state index contributed by atoms with van der Waals surface area (Å²) >= 11 is 0. The van der Waals surface area contributed by atoms with Gasteiger partial charge in [0.15, 0.2) is 0 Å². The fourth-order valence-electron chi connectivity index (χ4n) is 2.90. The van der Waals surface area contributed by atoms with Crippen molar-refractivity contribution in [1.82, 2.24) is 14.3 Å². The van der Waals surface area contributed by atoms with Crippen LogP contribution in [-0.4, -0.2) is 61.9 Å². The molecular formula is C17H21N5O4S. The van der Waals surface area contributed by atoms with Crippen molar-refractivity contribution in [2.24, 2.45) is 0 Å². The summed E-state index contributed by atoms with van der Waals surface area (Å²) < 4.78 is 32.6. The van der Waals surface area contributed by atoms with Gasteiger partial charge in [-0.2, -0.15) is 4.31 Å². The molecule has 1 saturated heterocycles. The van der Waals surface area contributed by atoms with E-state index in [0.29, 0.717) is 37.6 Å². The van der Waals surface area contributed by atoms with Gasteiger partial charge in [-0.15, -0.1) is 0 Å². The lowest BCUT2D eigenvalue weighted by Gasteiger charge is -2.34. The Hall–Kier alpha value is -2.72. The lowest BCUT2D eigenvalue weighted by Crippen LogP contribution is -2.48. The third kappa shape index (κ3) is 4.17. The first kappa shape index (κ1) is 19.1. The normalized spacial score (nSPS) is 15.4. The number of ether oxygens (including phenoxy) is 1. The molecule has 9 nitrogen and oxygen atoms in total. The van der Waals surface area contributed by atoms with E-state index in [0.717, 1.165) is 5.82 Å². The van der Waals surface area contributed by atoms with Crippen molar-refractivity contribution in [3.8, 4) is 5.75 Å². The molecule has 144 valence electrons. The number of amides is 1. The van der Waals surface area contributed by atoms with Crippen LogP contribution in [0.25, 0.3) is 0 Å². The number of carbonyl (C=O) groups is 1. The van der Waals surface area contributed by atoms with E-state index >= 15 is 0 Å². The van der Waals surface area contributed by atoms with Crippen LogP contribution >= 0.6 is 0 Å². The van der Waals surface area contributed by atoms with Crippen LogP contribution in [0.5, 0.6) is 5.75 Å². The van der Waals surface area contributed by atoms with Crippen LogP contribution in [0.1, 0.15) is 6.92 Å². The Bertz CT molecular complexity index is 912. The smallest absolute Gasteiger partial charge is 0.243 e. The molecule has 1 fully saturated rings. The molecule has 0 aliphatic carbocycles. The fraction of sp³-hybridized carbons (Fsp3) is 0.353. The summed E-state index contributed by atoms with van der Waals surface area (Å²) in [6, 6.07) is 4.44. The molecule has 0 spiro atoms. The predicted octanol–water partition coefficient (Wildman–Crippen LogP) is 0.954. The topological polar surface area (TPSA) is 105 Å². The number of hydrogen-bond donors (Lipinski definition) is 1. The van der Waals surface area contributed by atoms with Gasteiger partial charge in [0.2, 0.25) is 15.9 Å². The third-order valence-electron chi connectivity index (χ3n) is 4.23. The van der Waals surface area contributed by atoms with E-state index in [9.17, 15) is 13.2 Å². The molecule has 1 aliphatic rings. The molecule has 1 aliphatic heterocycles. The average molecular weight is 391 g/mol. The van der Waals surface area contributed by atoms with Gasteiger partial charge >= 0.3 is 0 Å². The second-order valence-electron chi connectivity index (χ2n) is 6.00. The summed E-state index contributed by atoms with van der Waals surface area (Å²) in [5, 5.41) is 2.60. The number of aromatic nitrogens is 2. The van der Waals surface area contributed by atoms with Crippen LogP contribution in [-0.2, 0) is 14.8 Å². The number of carbonyl (C=O) groups excluding carboxylic acids is 1. The zero-order valence-corrected chi connectivity index (χ0v) is 15.9. The van der Waals surface area contributed by atoms with Crippen molar-refractivity contribution in [2.75, 3.05) is 43.5 Å². The van der Waals surface area contributed by atoms with Crippen molar-refractivity contribution in [2.45, 2.75) is 11.8 Å². The Morgan fingerprint density at radius 3 is 2.52 bits per heavy atom. The summed E-state index contributed by atoms with van der Waals surface area (Å²) in [7, 11) is -2.23. The third-order valence-corrected chi connectivity index (χ3v) is 6.13. The number of sulfonamides is 1. The summed E-state index contributed by atoms with van der Waals surface area (Å²) in [6.45, 7) is 3.06. The van der Waals surface area contributed by atoms with Gasteiger partial charge in [-0.25, -0.2) is 13.4 Å². The first-order valence-electron chi connectivity index (χ1n) is 8.38. The zero-order chi connectivity index (χ0) is 19.4. The molecule has 3 rings (SSSR count). The van der Waals surface area contributed by atoms with E-state index in [2.05, 4.69) is 15.3 Å². The maximum Gasteiger partial charge on any atom is 0.243 e. The second kappa shape index (κ2) is 7.89. The van der Waals surface area contributed by atoms with E-state index in [1.165, 1.54) is 36.5 Å². The van der Waals surface area contributed by atoms with E-state index in [1.54, 1.807) is 18.6 Å². The lowest BCUT2D eigenvalue weighted by molar-refractivity contribution is -0.114. The zero-order valence-electron chi connectivity index (χ0n) is 15.1. The Kier molecular flexibility index (Phi) is 5.57. The number of benzene rings is 1. The molecule has 1 N–H and O–H groups in total. The Balaban J connectivity index is 1.78. The summed E-state index contributed by atoms with van der Waals surface area (Å²) in [6.07, 6.45) is 4.87. The Labute approximate surface area is 158 Å². The molecule has 1 amide bonds. The van der Waals surface area contributed by atoms with E-state index in [4.69, 9.17) is 4.74 Å². The molecule has 1 aromatic carbocycles. The molecule has 10 heteroatoms. The van der Waals surface area contributed by atoms with Gasteiger partial charge in [-0.3, -0.25) is 9.78 Å². The largest absolute Gasteiger partial charge is 0.495 e. The van der Waals surface area contributed by atoms with Crippen molar-refractivity contribution in [1.29, 1.82) is 0 Å². The van der Waals surface area contributed by atoms with E-state index in [1.807, 2.05) is 4.90 Å². The molecule has 27 heavy (non-hydrogen) atoms.